The summed E-state index contributed by atoms with van der Waals surface area (Å²) in [6, 6.07) is 1.44. The molecule has 1 saturated heterocycles. The fourth-order valence-electron chi connectivity index (χ4n) is 2.07. The normalized spacial score (nSPS) is 20.4. The van der Waals surface area contributed by atoms with Crippen molar-refractivity contribution in [1.29, 1.82) is 0 Å². The Morgan fingerprint density at radius 1 is 1.14 bits per heavy atom. The number of amides is 1. The van der Waals surface area contributed by atoms with Crippen molar-refractivity contribution >= 4 is 11.6 Å². The third-order valence-corrected chi connectivity index (χ3v) is 3.07. The summed E-state index contributed by atoms with van der Waals surface area (Å²) in [4.78, 5) is 11.9. The van der Waals surface area contributed by atoms with E-state index in [0.29, 0.717) is 11.0 Å². The molecule has 1 unspecified atom stereocenters. The molecule has 1 atom stereocenters. The van der Waals surface area contributed by atoms with E-state index in [9.17, 15) is 31.1 Å². The molecule has 1 aliphatic rings. The zero-order valence-corrected chi connectivity index (χ0v) is 10.4. The number of nitrogens with zero attached hydrogens (tertiary/aromatic N) is 1. The topological polar surface area (TPSA) is 32.3 Å². The van der Waals surface area contributed by atoms with Gasteiger partial charge in [-0.1, -0.05) is 6.07 Å². The van der Waals surface area contributed by atoms with Gasteiger partial charge in [-0.25, -0.2) is 0 Å². The molecule has 2 rings (SSSR count). The number of rotatable bonds is 1. The van der Waals surface area contributed by atoms with Gasteiger partial charge in [0.15, 0.2) is 0 Å². The summed E-state index contributed by atoms with van der Waals surface area (Å²) in [6.07, 6.45) is -9.33. The van der Waals surface area contributed by atoms with Gasteiger partial charge in [-0.2, -0.15) is 26.3 Å². The fraction of sp³-hybridized carbons (Fsp3) is 0.417. The monoisotopic (exact) mass is 312 g/mol. The van der Waals surface area contributed by atoms with Crippen LogP contribution in [0.15, 0.2) is 24.3 Å². The van der Waals surface area contributed by atoms with Crippen molar-refractivity contribution in [1.82, 2.24) is 5.32 Å². The van der Waals surface area contributed by atoms with E-state index in [0.717, 1.165) is 18.2 Å². The summed E-state index contributed by atoms with van der Waals surface area (Å²) in [5.74, 6) is -0.673. The lowest BCUT2D eigenvalue weighted by atomic mass is 10.1. The summed E-state index contributed by atoms with van der Waals surface area (Å²) in [5, 5.41) is 2.06. The SMILES string of the molecule is O=C1CN(c2cccc(C(F)(F)F)c2)C(C(F)(F)F)CN1. The molecule has 0 spiro atoms. The van der Waals surface area contributed by atoms with E-state index in [2.05, 4.69) is 5.32 Å². The highest BCUT2D eigenvalue weighted by Crippen LogP contribution is 2.34. The van der Waals surface area contributed by atoms with Gasteiger partial charge in [0.05, 0.1) is 12.1 Å². The Morgan fingerprint density at radius 2 is 1.81 bits per heavy atom. The number of hydrogen-bond acceptors (Lipinski definition) is 2. The molecule has 1 aliphatic heterocycles. The van der Waals surface area contributed by atoms with E-state index in [-0.39, 0.29) is 5.69 Å². The number of piperazine rings is 1. The first kappa shape index (κ1) is 15.5. The maximum Gasteiger partial charge on any atom is 0.416 e. The molecule has 3 nitrogen and oxygen atoms in total. The lowest BCUT2D eigenvalue weighted by molar-refractivity contribution is -0.153. The molecule has 0 saturated carbocycles. The van der Waals surface area contributed by atoms with Gasteiger partial charge in [-0.15, -0.1) is 0 Å². The molecule has 0 aromatic heterocycles. The van der Waals surface area contributed by atoms with Crippen LogP contribution in [0.25, 0.3) is 0 Å². The second kappa shape index (κ2) is 5.12. The average molecular weight is 312 g/mol. The largest absolute Gasteiger partial charge is 0.416 e. The van der Waals surface area contributed by atoms with Gasteiger partial charge in [-0.05, 0) is 18.2 Å². The second-order valence-electron chi connectivity index (χ2n) is 4.54. The zero-order valence-electron chi connectivity index (χ0n) is 10.4. The first-order chi connectivity index (χ1) is 9.59. The third kappa shape index (κ3) is 3.40. The van der Waals surface area contributed by atoms with Crippen LogP contribution < -0.4 is 10.2 Å². The van der Waals surface area contributed by atoms with Crippen LogP contribution >= 0.6 is 0 Å². The van der Waals surface area contributed by atoms with Gasteiger partial charge in [0.25, 0.3) is 0 Å². The van der Waals surface area contributed by atoms with E-state index in [1.165, 1.54) is 0 Å². The number of carbonyl (C=O) groups excluding carboxylic acids is 1. The lowest BCUT2D eigenvalue weighted by Crippen LogP contribution is -2.60. The van der Waals surface area contributed by atoms with E-state index < -0.39 is 43.0 Å². The molecule has 116 valence electrons. The second-order valence-corrected chi connectivity index (χ2v) is 4.54. The first-order valence-corrected chi connectivity index (χ1v) is 5.86. The predicted molar refractivity (Wildman–Crippen MR) is 61.6 cm³/mol. The molecule has 21 heavy (non-hydrogen) atoms. The molecule has 0 radical (unpaired) electrons. The molecule has 0 bridgehead atoms. The molecule has 1 N–H and O–H groups in total. The predicted octanol–water partition coefficient (Wildman–Crippen LogP) is 2.57. The van der Waals surface area contributed by atoms with Crippen molar-refractivity contribution in [3.63, 3.8) is 0 Å². The maximum atomic E-state index is 12.9. The van der Waals surface area contributed by atoms with E-state index in [1.807, 2.05) is 0 Å². The molecular formula is C12H10F6N2O. The summed E-state index contributed by atoms with van der Waals surface area (Å²) >= 11 is 0. The van der Waals surface area contributed by atoms with Gasteiger partial charge in [0, 0.05) is 12.2 Å². The van der Waals surface area contributed by atoms with Gasteiger partial charge in [0.1, 0.15) is 6.04 Å². The number of carbonyl (C=O) groups is 1. The highest BCUT2D eigenvalue weighted by Gasteiger charge is 2.46. The quantitative estimate of drug-likeness (QED) is 0.809. The first-order valence-electron chi connectivity index (χ1n) is 5.86. The summed E-state index contributed by atoms with van der Waals surface area (Å²) in [5.41, 5.74) is -1.35. The van der Waals surface area contributed by atoms with Crippen molar-refractivity contribution in [3.05, 3.63) is 29.8 Å². The van der Waals surface area contributed by atoms with Crippen LogP contribution in [-0.2, 0) is 11.0 Å². The number of nitrogens with one attached hydrogen (secondary N) is 1. The van der Waals surface area contributed by atoms with Gasteiger partial charge in [-0.3, -0.25) is 4.79 Å². The summed E-state index contributed by atoms with van der Waals surface area (Å²) in [7, 11) is 0. The highest BCUT2D eigenvalue weighted by atomic mass is 19.4. The highest BCUT2D eigenvalue weighted by molar-refractivity contribution is 5.83. The van der Waals surface area contributed by atoms with Crippen molar-refractivity contribution in [3.8, 4) is 0 Å². The van der Waals surface area contributed by atoms with E-state index >= 15 is 0 Å². The Hall–Kier alpha value is -1.93. The number of hydrogen-bond donors (Lipinski definition) is 1. The van der Waals surface area contributed by atoms with Gasteiger partial charge >= 0.3 is 12.4 Å². The number of halogens is 6. The van der Waals surface area contributed by atoms with Crippen molar-refractivity contribution in [2.75, 3.05) is 18.0 Å². The number of benzene rings is 1. The molecule has 1 aromatic rings. The van der Waals surface area contributed by atoms with Crippen LogP contribution in [0.1, 0.15) is 5.56 Å². The maximum absolute atomic E-state index is 12.9. The molecular weight excluding hydrogens is 302 g/mol. The fourth-order valence-corrected chi connectivity index (χ4v) is 2.07. The standard InChI is InChI=1S/C12H10F6N2O/c13-11(14,15)7-2-1-3-8(4-7)20-6-10(21)19-5-9(20)12(16,17)18/h1-4,9H,5-6H2,(H,19,21). The smallest absolute Gasteiger partial charge is 0.352 e. The minimum Gasteiger partial charge on any atom is -0.352 e. The Morgan fingerprint density at radius 3 is 2.38 bits per heavy atom. The van der Waals surface area contributed by atoms with Crippen LogP contribution in [-0.4, -0.2) is 31.2 Å². The van der Waals surface area contributed by atoms with E-state index in [1.54, 1.807) is 0 Å². The average Bonchev–Trinajstić information content (AvgIpc) is 2.36. The molecule has 1 amide bonds. The van der Waals surface area contributed by atoms with Crippen molar-refractivity contribution in [2.45, 2.75) is 18.4 Å². The summed E-state index contributed by atoms with van der Waals surface area (Å²) < 4.78 is 76.6. The van der Waals surface area contributed by atoms with Crippen LogP contribution in [0.4, 0.5) is 32.0 Å². The van der Waals surface area contributed by atoms with Crippen LogP contribution in [0.3, 0.4) is 0 Å². The van der Waals surface area contributed by atoms with Crippen LogP contribution in [0, 0.1) is 0 Å². The summed E-state index contributed by atoms with van der Waals surface area (Å²) in [6.45, 7) is -1.34. The van der Waals surface area contributed by atoms with Crippen molar-refractivity contribution in [2.24, 2.45) is 0 Å². The Balaban J connectivity index is 2.39. The molecule has 0 aliphatic carbocycles. The van der Waals surface area contributed by atoms with Crippen LogP contribution in [0.5, 0.6) is 0 Å². The Kier molecular flexibility index (Phi) is 3.77. The minimum absolute atomic E-state index is 0.290. The van der Waals surface area contributed by atoms with Gasteiger partial charge < -0.3 is 10.2 Å². The van der Waals surface area contributed by atoms with Gasteiger partial charge in [0.2, 0.25) is 5.91 Å². The van der Waals surface area contributed by atoms with Crippen LogP contribution in [0.2, 0.25) is 0 Å². The molecule has 1 fully saturated rings. The molecule has 9 heteroatoms. The molecule has 1 aromatic carbocycles. The van der Waals surface area contributed by atoms with E-state index in [4.69, 9.17) is 0 Å². The zero-order chi connectivity index (χ0) is 15.8. The Labute approximate surface area is 115 Å². The van der Waals surface area contributed by atoms with Crippen molar-refractivity contribution < 1.29 is 31.1 Å². The lowest BCUT2D eigenvalue weighted by Gasteiger charge is -2.38. The third-order valence-electron chi connectivity index (χ3n) is 3.07. The minimum atomic E-state index is -4.66. The number of anilines is 1. The molecule has 1 heterocycles. The Bertz CT molecular complexity index is 539. The number of alkyl halides is 6.